The van der Waals surface area contributed by atoms with Crippen LogP contribution in [0.1, 0.15) is 32.3 Å². The molecule has 1 aromatic rings. The van der Waals surface area contributed by atoms with Crippen molar-refractivity contribution in [3.05, 3.63) is 34.6 Å². The van der Waals surface area contributed by atoms with E-state index in [-0.39, 0.29) is 6.42 Å². The first-order chi connectivity index (χ1) is 7.95. The second kappa shape index (κ2) is 5.50. The van der Waals surface area contributed by atoms with E-state index >= 15 is 0 Å². The molecule has 0 heterocycles. The Labute approximate surface area is 105 Å². The molecule has 1 rings (SSSR count). The van der Waals surface area contributed by atoms with Gasteiger partial charge in [-0.3, -0.25) is 4.79 Å². The molecule has 0 radical (unpaired) electrons. The van der Waals surface area contributed by atoms with Crippen molar-refractivity contribution in [1.29, 1.82) is 0 Å². The Kier molecular flexibility index (Phi) is 4.52. The number of carbonyl (C=O) groups is 1. The molecule has 0 atom stereocenters. The molecule has 0 bridgehead atoms. The maximum atomic E-state index is 13.6. The van der Waals surface area contributed by atoms with E-state index in [4.69, 9.17) is 11.6 Å². The fraction of sp³-hybridized carbons (Fsp3) is 0.462. The van der Waals surface area contributed by atoms with Gasteiger partial charge in [-0.25, -0.2) is 4.39 Å². The number of benzene rings is 1. The Morgan fingerprint density at radius 3 is 2.47 bits per heavy atom. The van der Waals surface area contributed by atoms with Crippen LogP contribution in [0.5, 0.6) is 0 Å². The van der Waals surface area contributed by atoms with E-state index in [2.05, 4.69) is 0 Å². The lowest BCUT2D eigenvalue weighted by molar-refractivity contribution is -0.149. The molecule has 2 nitrogen and oxygen atoms in total. The van der Waals surface area contributed by atoms with E-state index in [0.29, 0.717) is 23.4 Å². The third kappa shape index (κ3) is 2.97. The van der Waals surface area contributed by atoms with Crippen molar-refractivity contribution in [3.8, 4) is 0 Å². The van der Waals surface area contributed by atoms with Gasteiger partial charge in [-0.15, -0.1) is 0 Å². The molecule has 17 heavy (non-hydrogen) atoms. The lowest BCUT2D eigenvalue weighted by atomic mass is 9.77. The van der Waals surface area contributed by atoms with Crippen LogP contribution >= 0.6 is 11.6 Å². The lowest BCUT2D eigenvalue weighted by Crippen LogP contribution is -2.32. The van der Waals surface area contributed by atoms with Crippen LogP contribution in [-0.2, 0) is 11.2 Å². The van der Waals surface area contributed by atoms with Gasteiger partial charge in [0.1, 0.15) is 5.82 Å². The molecule has 0 fully saturated rings. The summed E-state index contributed by atoms with van der Waals surface area (Å²) in [6.45, 7) is 3.61. The largest absolute Gasteiger partial charge is 0.481 e. The molecule has 0 amide bonds. The SMILES string of the molecule is CCC(CC)(Cc1cc(Cl)ccc1F)C(=O)O. The Hall–Kier alpha value is -1.09. The lowest BCUT2D eigenvalue weighted by Gasteiger charge is -2.26. The van der Waals surface area contributed by atoms with E-state index in [9.17, 15) is 14.3 Å². The first-order valence-electron chi connectivity index (χ1n) is 5.62. The Balaban J connectivity index is 3.09. The van der Waals surface area contributed by atoms with Gasteiger partial charge in [-0.2, -0.15) is 0 Å². The summed E-state index contributed by atoms with van der Waals surface area (Å²) in [4.78, 5) is 11.3. The number of aliphatic carboxylic acids is 1. The summed E-state index contributed by atoms with van der Waals surface area (Å²) >= 11 is 5.80. The highest BCUT2D eigenvalue weighted by atomic mass is 35.5. The Bertz CT molecular complexity index is 414. The van der Waals surface area contributed by atoms with Crippen LogP contribution in [0.3, 0.4) is 0 Å². The number of carboxylic acid groups (broad SMARTS) is 1. The van der Waals surface area contributed by atoms with E-state index in [1.54, 1.807) is 13.8 Å². The molecular formula is C13H16ClFO2. The third-order valence-corrected chi connectivity index (χ3v) is 3.58. The summed E-state index contributed by atoms with van der Waals surface area (Å²) in [6.07, 6.45) is 1.09. The Morgan fingerprint density at radius 1 is 1.41 bits per heavy atom. The quantitative estimate of drug-likeness (QED) is 0.869. The number of hydrogen-bond acceptors (Lipinski definition) is 1. The van der Waals surface area contributed by atoms with Crippen LogP contribution in [0, 0.1) is 11.2 Å². The van der Waals surface area contributed by atoms with Gasteiger partial charge in [-0.05, 0) is 43.0 Å². The summed E-state index contributed by atoms with van der Waals surface area (Å²) in [5.74, 6) is -1.29. The highest BCUT2D eigenvalue weighted by molar-refractivity contribution is 6.30. The van der Waals surface area contributed by atoms with Crippen molar-refractivity contribution < 1.29 is 14.3 Å². The smallest absolute Gasteiger partial charge is 0.309 e. The summed E-state index contributed by atoms with van der Waals surface area (Å²) < 4.78 is 13.6. The van der Waals surface area contributed by atoms with Gasteiger partial charge in [0.05, 0.1) is 5.41 Å². The molecular weight excluding hydrogens is 243 g/mol. The van der Waals surface area contributed by atoms with Crippen LogP contribution < -0.4 is 0 Å². The maximum Gasteiger partial charge on any atom is 0.309 e. The number of rotatable bonds is 5. The third-order valence-electron chi connectivity index (χ3n) is 3.34. The van der Waals surface area contributed by atoms with Crippen LogP contribution in [0.15, 0.2) is 18.2 Å². The van der Waals surface area contributed by atoms with Crippen molar-refractivity contribution in [1.82, 2.24) is 0 Å². The monoisotopic (exact) mass is 258 g/mol. The molecule has 0 saturated carbocycles. The van der Waals surface area contributed by atoms with Crippen molar-refractivity contribution in [2.24, 2.45) is 5.41 Å². The Morgan fingerprint density at radius 2 is 2.00 bits per heavy atom. The first kappa shape index (κ1) is 14.0. The molecule has 0 aliphatic heterocycles. The zero-order chi connectivity index (χ0) is 13.1. The summed E-state index contributed by atoms with van der Waals surface area (Å²) in [7, 11) is 0. The fourth-order valence-electron chi connectivity index (χ4n) is 1.92. The van der Waals surface area contributed by atoms with Crippen LogP contribution in [0.25, 0.3) is 0 Å². The summed E-state index contributed by atoms with van der Waals surface area (Å²) in [6, 6.07) is 4.23. The average molecular weight is 259 g/mol. The van der Waals surface area contributed by atoms with Gasteiger partial charge in [0.2, 0.25) is 0 Å². The molecule has 0 aliphatic carbocycles. The van der Waals surface area contributed by atoms with Gasteiger partial charge in [0.25, 0.3) is 0 Å². The first-order valence-corrected chi connectivity index (χ1v) is 6.00. The normalized spacial score (nSPS) is 11.5. The zero-order valence-corrected chi connectivity index (χ0v) is 10.7. The minimum atomic E-state index is -0.911. The van der Waals surface area contributed by atoms with Crippen molar-refractivity contribution >= 4 is 17.6 Å². The van der Waals surface area contributed by atoms with Gasteiger partial charge in [0.15, 0.2) is 0 Å². The van der Waals surface area contributed by atoms with Crippen LogP contribution in [0.4, 0.5) is 4.39 Å². The average Bonchev–Trinajstić information content (AvgIpc) is 2.30. The molecule has 0 aliphatic rings. The van der Waals surface area contributed by atoms with Gasteiger partial charge >= 0.3 is 5.97 Å². The van der Waals surface area contributed by atoms with Crippen LogP contribution in [0.2, 0.25) is 5.02 Å². The van der Waals surface area contributed by atoms with Crippen LogP contribution in [-0.4, -0.2) is 11.1 Å². The van der Waals surface area contributed by atoms with Gasteiger partial charge in [0, 0.05) is 5.02 Å². The number of hydrogen-bond donors (Lipinski definition) is 1. The minimum Gasteiger partial charge on any atom is -0.481 e. The van der Waals surface area contributed by atoms with E-state index < -0.39 is 17.2 Å². The molecule has 1 aromatic carbocycles. The second-order valence-electron chi connectivity index (χ2n) is 4.21. The molecule has 1 N–H and O–H groups in total. The molecule has 0 spiro atoms. The van der Waals surface area contributed by atoms with E-state index in [1.165, 1.54) is 18.2 Å². The fourth-order valence-corrected chi connectivity index (χ4v) is 2.12. The van der Waals surface area contributed by atoms with E-state index in [0.717, 1.165) is 0 Å². The molecule has 0 unspecified atom stereocenters. The second-order valence-corrected chi connectivity index (χ2v) is 4.64. The summed E-state index contributed by atoms with van der Waals surface area (Å²) in [5.41, 5.74) is -0.547. The predicted molar refractivity (Wildman–Crippen MR) is 65.8 cm³/mol. The molecule has 0 saturated heterocycles. The minimum absolute atomic E-state index is 0.168. The van der Waals surface area contributed by atoms with Gasteiger partial charge < -0.3 is 5.11 Å². The van der Waals surface area contributed by atoms with Gasteiger partial charge in [-0.1, -0.05) is 25.4 Å². The zero-order valence-electron chi connectivity index (χ0n) is 9.96. The maximum absolute atomic E-state index is 13.6. The highest BCUT2D eigenvalue weighted by Gasteiger charge is 2.35. The van der Waals surface area contributed by atoms with Crippen molar-refractivity contribution in [2.45, 2.75) is 33.1 Å². The van der Waals surface area contributed by atoms with Crippen molar-refractivity contribution in [3.63, 3.8) is 0 Å². The number of carboxylic acids is 1. The summed E-state index contributed by atoms with van der Waals surface area (Å²) in [5, 5.41) is 9.71. The highest BCUT2D eigenvalue weighted by Crippen LogP contribution is 2.32. The predicted octanol–water partition coefficient (Wildman–Crippen LogP) is 3.91. The molecule has 0 aromatic heterocycles. The van der Waals surface area contributed by atoms with Crippen molar-refractivity contribution in [2.75, 3.05) is 0 Å². The molecule has 94 valence electrons. The standard InChI is InChI=1S/C13H16ClFO2/c1-3-13(4-2,12(16)17)8-9-7-10(14)5-6-11(9)15/h5-7H,3-4,8H2,1-2H3,(H,16,17). The topological polar surface area (TPSA) is 37.3 Å². The number of halogens is 2. The van der Waals surface area contributed by atoms with E-state index in [1.807, 2.05) is 0 Å². The molecule has 4 heteroatoms.